The standard InChI is InChI=1S/C26H20O8/c1-10-7-12(27)17-14(32-10)9-15-18(24(17)30-4)20-21-22(28)19-16(34-26(21,2)25(20)33-15)8-13-11(5-6-31-13)23(19)29-3/h5-9,20-21,25H,1-4H3/t20-,21-,25-,26+/m1/s1. The number of benzene rings is 2. The number of Topliss-reactive ketones (excluding diaryl/α,β-unsaturated/α-hetero) is 1. The molecular weight excluding hydrogens is 440 g/mol. The third-order valence-electron chi connectivity index (χ3n) is 7.49. The quantitative estimate of drug-likeness (QED) is 0.435. The van der Waals surface area contributed by atoms with Crippen LogP contribution in [-0.4, -0.2) is 31.7 Å². The molecule has 172 valence electrons. The summed E-state index contributed by atoms with van der Waals surface area (Å²) in [5, 5.41) is 1.05. The van der Waals surface area contributed by atoms with Gasteiger partial charge in [-0.3, -0.25) is 9.59 Å². The van der Waals surface area contributed by atoms with Crippen LogP contribution < -0.4 is 24.4 Å². The van der Waals surface area contributed by atoms with Gasteiger partial charge in [0.25, 0.3) is 0 Å². The van der Waals surface area contributed by atoms with Gasteiger partial charge >= 0.3 is 0 Å². The molecule has 34 heavy (non-hydrogen) atoms. The zero-order chi connectivity index (χ0) is 23.5. The molecule has 4 aromatic rings. The molecule has 2 aromatic heterocycles. The Labute approximate surface area is 192 Å². The van der Waals surface area contributed by atoms with E-state index >= 15 is 0 Å². The lowest BCUT2D eigenvalue weighted by Crippen LogP contribution is -2.70. The van der Waals surface area contributed by atoms with Crippen molar-refractivity contribution in [1.82, 2.24) is 0 Å². The van der Waals surface area contributed by atoms with Crippen molar-refractivity contribution in [3.8, 4) is 23.0 Å². The van der Waals surface area contributed by atoms with E-state index in [1.54, 1.807) is 31.4 Å². The lowest BCUT2D eigenvalue weighted by molar-refractivity contribution is -0.143. The minimum absolute atomic E-state index is 0.0977. The van der Waals surface area contributed by atoms with Gasteiger partial charge in [0, 0.05) is 29.7 Å². The van der Waals surface area contributed by atoms with Crippen LogP contribution in [0.25, 0.3) is 21.9 Å². The van der Waals surface area contributed by atoms with Crippen molar-refractivity contribution < 1.29 is 32.6 Å². The molecule has 8 nitrogen and oxygen atoms in total. The van der Waals surface area contributed by atoms with Crippen LogP contribution in [0.4, 0.5) is 0 Å². The number of hydrogen-bond donors (Lipinski definition) is 0. The van der Waals surface area contributed by atoms with Gasteiger partial charge in [-0.2, -0.15) is 0 Å². The van der Waals surface area contributed by atoms with E-state index in [1.807, 2.05) is 6.92 Å². The van der Waals surface area contributed by atoms with Gasteiger partial charge in [0.2, 0.25) is 0 Å². The van der Waals surface area contributed by atoms with E-state index in [-0.39, 0.29) is 17.1 Å². The average Bonchev–Trinajstić information content (AvgIpc) is 3.39. The van der Waals surface area contributed by atoms with E-state index < -0.39 is 17.6 Å². The highest BCUT2D eigenvalue weighted by Crippen LogP contribution is 2.65. The minimum atomic E-state index is -0.913. The second-order valence-electron chi connectivity index (χ2n) is 9.22. The molecule has 1 saturated carbocycles. The van der Waals surface area contributed by atoms with E-state index in [0.717, 1.165) is 0 Å². The Morgan fingerprint density at radius 3 is 2.53 bits per heavy atom. The molecular formula is C26H20O8. The van der Waals surface area contributed by atoms with E-state index in [1.165, 1.54) is 20.3 Å². The lowest BCUT2D eigenvalue weighted by Gasteiger charge is -2.56. The van der Waals surface area contributed by atoms with Crippen molar-refractivity contribution in [2.24, 2.45) is 5.92 Å². The summed E-state index contributed by atoms with van der Waals surface area (Å²) >= 11 is 0. The fourth-order valence-corrected chi connectivity index (χ4v) is 6.14. The van der Waals surface area contributed by atoms with Crippen LogP contribution >= 0.6 is 0 Å². The van der Waals surface area contributed by atoms with Gasteiger partial charge in [-0.05, 0) is 19.9 Å². The van der Waals surface area contributed by atoms with Gasteiger partial charge in [-0.15, -0.1) is 0 Å². The highest BCUT2D eigenvalue weighted by Gasteiger charge is 2.72. The molecule has 4 heterocycles. The Balaban J connectivity index is 1.45. The number of aryl methyl sites for hydroxylation is 1. The van der Waals surface area contributed by atoms with E-state index in [9.17, 15) is 9.59 Å². The molecule has 1 aliphatic carbocycles. The number of carbonyl (C=O) groups is 1. The second-order valence-corrected chi connectivity index (χ2v) is 9.22. The molecule has 1 fully saturated rings. The second kappa shape index (κ2) is 6.14. The summed E-state index contributed by atoms with van der Waals surface area (Å²) in [6.07, 6.45) is 1.11. The Bertz CT molecular complexity index is 1630. The highest BCUT2D eigenvalue weighted by molar-refractivity contribution is 6.10. The maximum atomic E-state index is 14.0. The summed E-state index contributed by atoms with van der Waals surface area (Å²) in [5.74, 6) is 1.25. The summed E-state index contributed by atoms with van der Waals surface area (Å²) in [4.78, 5) is 26.8. The van der Waals surface area contributed by atoms with Crippen LogP contribution in [0.5, 0.6) is 23.0 Å². The van der Waals surface area contributed by atoms with Gasteiger partial charge in [0.1, 0.15) is 57.0 Å². The van der Waals surface area contributed by atoms with Crippen LogP contribution in [0.15, 0.2) is 44.2 Å². The molecule has 2 aromatic carbocycles. The highest BCUT2D eigenvalue weighted by atomic mass is 16.6. The third-order valence-corrected chi connectivity index (χ3v) is 7.49. The predicted octanol–water partition coefficient (Wildman–Crippen LogP) is 4.37. The first-order valence-electron chi connectivity index (χ1n) is 11.0. The van der Waals surface area contributed by atoms with Crippen molar-refractivity contribution in [3.63, 3.8) is 0 Å². The Kier molecular flexibility index (Phi) is 3.52. The first kappa shape index (κ1) is 19.5. The number of methoxy groups -OCH3 is 2. The van der Waals surface area contributed by atoms with Crippen molar-refractivity contribution >= 4 is 27.7 Å². The molecule has 0 radical (unpaired) electrons. The molecule has 0 spiro atoms. The molecule has 8 heteroatoms. The van der Waals surface area contributed by atoms with E-state index in [0.29, 0.717) is 61.8 Å². The first-order chi connectivity index (χ1) is 16.4. The summed E-state index contributed by atoms with van der Waals surface area (Å²) in [6.45, 7) is 3.60. The molecule has 0 saturated heterocycles. The van der Waals surface area contributed by atoms with Gasteiger partial charge in [-0.25, -0.2) is 0 Å². The zero-order valence-corrected chi connectivity index (χ0v) is 18.9. The van der Waals surface area contributed by atoms with Crippen LogP contribution in [0.3, 0.4) is 0 Å². The van der Waals surface area contributed by atoms with Crippen molar-refractivity contribution in [3.05, 3.63) is 57.6 Å². The van der Waals surface area contributed by atoms with Gasteiger partial charge in [-0.1, -0.05) is 0 Å². The lowest BCUT2D eigenvalue weighted by atomic mass is 9.54. The molecule has 0 bridgehead atoms. The SMILES string of the molecule is COc1c2c(cc3occc13)O[C@]1(C)[C@@H]3Oc4cc5oc(C)cc(=O)c5c(OC)c4[C@@H]3[C@@H]1C2=O. The topological polar surface area (TPSA) is 97.3 Å². The van der Waals surface area contributed by atoms with Crippen molar-refractivity contribution in [2.45, 2.75) is 31.5 Å². The summed E-state index contributed by atoms with van der Waals surface area (Å²) in [6, 6.07) is 6.63. The molecule has 4 atom stereocenters. The Morgan fingerprint density at radius 1 is 1.00 bits per heavy atom. The fraction of sp³-hybridized carbons (Fsp3) is 0.308. The summed E-state index contributed by atoms with van der Waals surface area (Å²) < 4.78 is 35.5. The monoisotopic (exact) mass is 460 g/mol. The number of hydrogen-bond acceptors (Lipinski definition) is 8. The zero-order valence-electron chi connectivity index (χ0n) is 18.9. The molecule has 3 aliphatic rings. The normalized spacial score (nSPS) is 26.1. The predicted molar refractivity (Wildman–Crippen MR) is 121 cm³/mol. The number of ether oxygens (including phenoxy) is 4. The first-order valence-corrected chi connectivity index (χ1v) is 11.0. The Morgan fingerprint density at radius 2 is 1.76 bits per heavy atom. The van der Waals surface area contributed by atoms with Crippen LogP contribution in [0, 0.1) is 12.8 Å². The smallest absolute Gasteiger partial charge is 0.196 e. The third kappa shape index (κ3) is 2.09. The van der Waals surface area contributed by atoms with Crippen LogP contribution in [0.1, 0.15) is 34.5 Å². The number of rotatable bonds is 2. The number of furan rings is 1. The van der Waals surface area contributed by atoms with Gasteiger partial charge in [0.05, 0.1) is 31.8 Å². The maximum Gasteiger partial charge on any atom is 0.196 e. The molecule has 0 N–H and O–H groups in total. The number of carbonyl (C=O) groups excluding carboxylic acids is 1. The minimum Gasteiger partial charge on any atom is -0.495 e. The average molecular weight is 460 g/mol. The molecule has 2 aliphatic heterocycles. The molecule has 7 rings (SSSR count). The van der Waals surface area contributed by atoms with E-state index in [2.05, 4.69) is 0 Å². The largest absolute Gasteiger partial charge is 0.495 e. The van der Waals surface area contributed by atoms with Crippen LogP contribution in [-0.2, 0) is 0 Å². The fourth-order valence-electron chi connectivity index (χ4n) is 6.14. The van der Waals surface area contributed by atoms with Crippen LogP contribution in [0.2, 0.25) is 0 Å². The summed E-state index contributed by atoms with van der Waals surface area (Å²) in [5.41, 5.74) is 0.925. The van der Waals surface area contributed by atoms with Gasteiger partial charge in [0.15, 0.2) is 16.8 Å². The maximum absolute atomic E-state index is 14.0. The number of ketones is 1. The summed E-state index contributed by atoms with van der Waals surface area (Å²) in [7, 11) is 3.03. The number of fused-ring (bicyclic) bond motifs is 9. The Hall–Kier alpha value is -3.94. The van der Waals surface area contributed by atoms with E-state index in [4.69, 9.17) is 27.8 Å². The molecule has 0 unspecified atom stereocenters. The van der Waals surface area contributed by atoms with Gasteiger partial charge < -0.3 is 27.8 Å². The van der Waals surface area contributed by atoms with Crippen molar-refractivity contribution in [1.29, 1.82) is 0 Å². The van der Waals surface area contributed by atoms with Crippen molar-refractivity contribution in [2.75, 3.05) is 14.2 Å². The molecule has 0 amide bonds.